The van der Waals surface area contributed by atoms with Crippen molar-refractivity contribution >= 4 is 0 Å². The molecule has 3 aliphatic rings. The Morgan fingerprint density at radius 1 is 1.05 bits per heavy atom. The highest BCUT2D eigenvalue weighted by molar-refractivity contribution is 4.90. The molecule has 1 heterocycles. The van der Waals surface area contributed by atoms with Gasteiger partial charge in [0.05, 0.1) is 0 Å². The smallest absolute Gasteiger partial charge is 0.00965 e. The van der Waals surface area contributed by atoms with Crippen molar-refractivity contribution in [3.8, 4) is 0 Å². The summed E-state index contributed by atoms with van der Waals surface area (Å²) >= 11 is 0. The molecule has 0 radical (unpaired) electrons. The van der Waals surface area contributed by atoms with Gasteiger partial charge < -0.3 is 10.2 Å². The molecule has 0 bridgehead atoms. The zero-order valence-corrected chi connectivity index (χ0v) is 13.6. The minimum atomic E-state index is 0.822. The molecule has 1 N–H and O–H groups in total. The number of hydrogen-bond acceptors (Lipinski definition) is 2. The van der Waals surface area contributed by atoms with Gasteiger partial charge in [0.25, 0.3) is 0 Å². The lowest BCUT2D eigenvalue weighted by atomic mass is 9.81. The van der Waals surface area contributed by atoms with E-state index in [1.54, 1.807) is 0 Å². The Morgan fingerprint density at radius 3 is 2.65 bits per heavy atom. The molecule has 3 rings (SSSR count). The molecule has 0 aromatic carbocycles. The number of nitrogens with one attached hydrogen (secondary N) is 1. The summed E-state index contributed by atoms with van der Waals surface area (Å²) in [6.45, 7) is 8.78. The van der Waals surface area contributed by atoms with E-state index in [0.717, 1.165) is 29.8 Å². The monoisotopic (exact) mass is 278 g/mol. The second-order valence-corrected chi connectivity index (χ2v) is 8.15. The summed E-state index contributed by atoms with van der Waals surface area (Å²) in [6, 6.07) is 1.80. The maximum absolute atomic E-state index is 3.92. The van der Waals surface area contributed by atoms with Gasteiger partial charge in [-0.15, -0.1) is 0 Å². The Kier molecular flexibility index (Phi) is 5.04. The summed E-state index contributed by atoms with van der Waals surface area (Å²) in [5.74, 6) is 2.80. The number of nitrogens with zero attached hydrogens (tertiary/aromatic N) is 1. The molecule has 20 heavy (non-hydrogen) atoms. The molecule has 0 aromatic rings. The summed E-state index contributed by atoms with van der Waals surface area (Å²) in [5, 5.41) is 3.92. The van der Waals surface area contributed by atoms with Gasteiger partial charge >= 0.3 is 0 Å². The van der Waals surface area contributed by atoms with E-state index >= 15 is 0 Å². The van der Waals surface area contributed by atoms with Crippen LogP contribution >= 0.6 is 0 Å². The Bertz CT molecular complexity index is 298. The van der Waals surface area contributed by atoms with Crippen molar-refractivity contribution in [2.75, 3.05) is 19.6 Å². The first kappa shape index (κ1) is 14.8. The lowest BCUT2D eigenvalue weighted by Gasteiger charge is -2.31. The molecular weight excluding hydrogens is 244 g/mol. The van der Waals surface area contributed by atoms with Gasteiger partial charge in [0.1, 0.15) is 0 Å². The fourth-order valence-corrected chi connectivity index (χ4v) is 4.49. The van der Waals surface area contributed by atoms with E-state index in [2.05, 4.69) is 24.1 Å². The van der Waals surface area contributed by atoms with Gasteiger partial charge in [-0.05, 0) is 69.4 Å². The molecule has 0 amide bonds. The van der Waals surface area contributed by atoms with E-state index < -0.39 is 0 Å². The molecule has 3 fully saturated rings. The van der Waals surface area contributed by atoms with Gasteiger partial charge in [-0.1, -0.05) is 26.7 Å². The van der Waals surface area contributed by atoms with Crippen LogP contribution in [0, 0.1) is 17.8 Å². The molecule has 116 valence electrons. The molecule has 2 heteroatoms. The third kappa shape index (κ3) is 4.21. The molecule has 0 spiro atoms. The standard InChI is InChI=1S/C18H34N2/c1-14(2)10-15-4-3-5-17(11-15)19-12-16-8-9-20(13-16)18-6-7-18/h14-19H,3-13H2,1-2H3. The predicted molar refractivity (Wildman–Crippen MR) is 85.9 cm³/mol. The first-order valence-electron chi connectivity index (χ1n) is 9.18. The maximum Gasteiger partial charge on any atom is 0.00965 e. The largest absolute Gasteiger partial charge is 0.314 e. The minimum absolute atomic E-state index is 0.822. The predicted octanol–water partition coefficient (Wildman–Crippen LogP) is 3.67. The number of hydrogen-bond donors (Lipinski definition) is 1. The summed E-state index contributed by atoms with van der Waals surface area (Å²) in [6.07, 6.45) is 11.6. The van der Waals surface area contributed by atoms with Crippen LogP contribution < -0.4 is 5.32 Å². The highest BCUT2D eigenvalue weighted by Gasteiger charge is 2.34. The van der Waals surface area contributed by atoms with Crippen LogP contribution in [0.4, 0.5) is 0 Å². The second kappa shape index (κ2) is 6.79. The van der Waals surface area contributed by atoms with Gasteiger partial charge in [-0.25, -0.2) is 0 Å². The van der Waals surface area contributed by atoms with Gasteiger partial charge in [0, 0.05) is 18.6 Å². The molecule has 0 aromatic heterocycles. The zero-order valence-electron chi connectivity index (χ0n) is 13.6. The quantitative estimate of drug-likeness (QED) is 0.797. The van der Waals surface area contributed by atoms with Crippen LogP contribution in [-0.4, -0.2) is 36.6 Å². The highest BCUT2D eigenvalue weighted by Crippen LogP contribution is 2.32. The van der Waals surface area contributed by atoms with Gasteiger partial charge in [-0.3, -0.25) is 0 Å². The Hall–Kier alpha value is -0.0800. The Balaban J connectivity index is 1.35. The Labute approximate surface area is 125 Å². The average molecular weight is 278 g/mol. The van der Waals surface area contributed by atoms with E-state index in [0.29, 0.717) is 0 Å². The molecule has 3 unspecified atom stereocenters. The third-order valence-corrected chi connectivity index (χ3v) is 5.66. The molecule has 1 saturated heterocycles. The summed E-state index contributed by atoms with van der Waals surface area (Å²) in [7, 11) is 0. The summed E-state index contributed by atoms with van der Waals surface area (Å²) < 4.78 is 0. The van der Waals surface area contributed by atoms with Gasteiger partial charge in [0.15, 0.2) is 0 Å². The Morgan fingerprint density at radius 2 is 1.90 bits per heavy atom. The van der Waals surface area contributed by atoms with E-state index in [-0.39, 0.29) is 0 Å². The van der Waals surface area contributed by atoms with Crippen LogP contribution in [-0.2, 0) is 0 Å². The highest BCUT2D eigenvalue weighted by atomic mass is 15.2. The van der Waals surface area contributed by atoms with Crippen molar-refractivity contribution in [2.45, 2.75) is 77.3 Å². The van der Waals surface area contributed by atoms with E-state index in [9.17, 15) is 0 Å². The maximum atomic E-state index is 3.92. The third-order valence-electron chi connectivity index (χ3n) is 5.66. The fourth-order valence-electron chi connectivity index (χ4n) is 4.49. The molecule has 2 aliphatic carbocycles. The number of likely N-dealkylation sites (tertiary alicyclic amines) is 1. The minimum Gasteiger partial charge on any atom is -0.314 e. The van der Waals surface area contributed by atoms with Crippen LogP contribution in [0.2, 0.25) is 0 Å². The van der Waals surface area contributed by atoms with Crippen molar-refractivity contribution in [1.29, 1.82) is 0 Å². The molecular formula is C18H34N2. The van der Waals surface area contributed by atoms with Crippen LogP contribution in [0.5, 0.6) is 0 Å². The molecule has 3 atom stereocenters. The lowest BCUT2D eigenvalue weighted by molar-refractivity contribution is 0.244. The summed E-state index contributed by atoms with van der Waals surface area (Å²) in [5.41, 5.74) is 0. The SMILES string of the molecule is CC(C)CC1CCCC(NCC2CCN(C3CC3)C2)C1. The van der Waals surface area contributed by atoms with Crippen molar-refractivity contribution in [1.82, 2.24) is 10.2 Å². The lowest BCUT2D eigenvalue weighted by Crippen LogP contribution is -2.38. The van der Waals surface area contributed by atoms with Crippen LogP contribution in [0.1, 0.15) is 65.2 Å². The zero-order chi connectivity index (χ0) is 13.9. The van der Waals surface area contributed by atoms with E-state index in [4.69, 9.17) is 0 Å². The van der Waals surface area contributed by atoms with Crippen molar-refractivity contribution in [3.05, 3.63) is 0 Å². The van der Waals surface area contributed by atoms with E-state index in [1.807, 2.05) is 0 Å². The normalized spacial score (nSPS) is 35.9. The first-order chi connectivity index (χ1) is 9.70. The van der Waals surface area contributed by atoms with Crippen LogP contribution in [0.3, 0.4) is 0 Å². The molecule has 2 saturated carbocycles. The van der Waals surface area contributed by atoms with Gasteiger partial charge in [-0.2, -0.15) is 0 Å². The van der Waals surface area contributed by atoms with Crippen LogP contribution in [0.15, 0.2) is 0 Å². The second-order valence-electron chi connectivity index (χ2n) is 8.15. The van der Waals surface area contributed by atoms with E-state index in [1.165, 1.54) is 71.0 Å². The van der Waals surface area contributed by atoms with Crippen molar-refractivity contribution in [3.63, 3.8) is 0 Å². The topological polar surface area (TPSA) is 15.3 Å². The van der Waals surface area contributed by atoms with Crippen LogP contribution in [0.25, 0.3) is 0 Å². The average Bonchev–Trinajstić information content (AvgIpc) is 3.16. The van der Waals surface area contributed by atoms with Crippen molar-refractivity contribution < 1.29 is 0 Å². The molecule has 1 aliphatic heterocycles. The van der Waals surface area contributed by atoms with Gasteiger partial charge in [0.2, 0.25) is 0 Å². The van der Waals surface area contributed by atoms with Crippen molar-refractivity contribution in [2.24, 2.45) is 17.8 Å². The first-order valence-corrected chi connectivity index (χ1v) is 9.18. The number of rotatable bonds is 6. The molecule has 2 nitrogen and oxygen atoms in total. The fraction of sp³-hybridized carbons (Fsp3) is 1.00. The summed E-state index contributed by atoms with van der Waals surface area (Å²) in [4.78, 5) is 2.74.